The van der Waals surface area contributed by atoms with E-state index in [2.05, 4.69) is 4.98 Å². The topological polar surface area (TPSA) is 103 Å². The highest BCUT2D eigenvalue weighted by Gasteiger charge is 2.40. The minimum atomic E-state index is -1.08. The number of benzene rings is 1. The van der Waals surface area contributed by atoms with Gasteiger partial charge in [-0.25, -0.2) is 4.79 Å². The summed E-state index contributed by atoms with van der Waals surface area (Å²) in [6.07, 6.45) is -0.402. The molecule has 0 spiro atoms. The van der Waals surface area contributed by atoms with Gasteiger partial charge in [-0.3, -0.25) is 14.3 Å². The summed E-state index contributed by atoms with van der Waals surface area (Å²) in [4.78, 5) is 27.6. The van der Waals surface area contributed by atoms with Gasteiger partial charge in [0.1, 0.15) is 11.1 Å². The van der Waals surface area contributed by atoms with E-state index < -0.39 is 17.6 Å². The van der Waals surface area contributed by atoms with Crippen LogP contribution in [0.3, 0.4) is 0 Å². The van der Waals surface area contributed by atoms with Gasteiger partial charge in [-0.15, -0.1) is 0 Å². The second kappa shape index (κ2) is 7.07. The molecule has 0 saturated heterocycles. The van der Waals surface area contributed by atoms with Crippen LogP contribution in [0.15, 0.2) is 16.9 Å². The molecule has 0 aliphatic carbocycles. The molecule has 0 radical (unpaired) electrons. The molecular formula is C18H20N2O6S. The highest BCUT2D eigenvalue weighted by Crippen LogP contribution is 2.45. The van der Waals surface area contributed by atoms with E-state index in [1.165, 1.54) is 18.8 Å². The maximum absolute atomic E-state index is 12.6. The lowest BCUT2D eigenvalue weighted by Crippen LogP contribution is -2.23. The standard InChI is InChI=1S/C18H20N2O6S/c1-5-8(2)20-16(22)12(15(21)19-18(20)27)13-9-6-7-10(24-3)14(25-4)11(9)17(23)26-13/h6-8,13,22H,5H2,1-4H3,(H,19,21,27)/t8-,13+/m1/s1. The summed E-state index contributed by atoms with van der Waals surface area (Å²) in [6.45, 7) is 3.79. The molecule has 0 amide bonds. The predicted molar refractivity (Wildman–Crippen MR) is 99.4 cm³/mol. The molecule has 0 unspecified atom stereocenters. The van der Waals surface area contributed by atoms with Crippen molar-refractivity contribution in [1.29, 1.82) is 0 Å². The third kappa shape index (κ3) is 2.87. The number of fused-ring (bicyclic) bond motifs is 1. The minimum Gasteiger partial charge on any atom is -0.494 e. The van der Waals surface area contributed by atoms with Crippen LogP contribution in [0.25, 0.3) is 0 Å². The highest BCUT2D eigenvalue weighted by molar-refractivity contribution is 7.71. The number of cyclic esters (lactones) is 1. The van der Waals surface area contributed by atoms with Crippen LogP contribution in [0.5, 0.6) is 17.4 Å². The van der Waals surface area contributed by atoms with Crippen LogP contribution < -0.4 is 15.0 Å². The first-order valence-electron chi connectivity index (χ1n) is 8.39. The summed E-state index contributed by atoms with van der Waals surface area (Å²) in [5.41, 5.74) is -0.120. The molecule has 3 rings (SSSR count). The number of carbonyl (C=O) groups excluding carboxylic acids is 1. The van der Waals surface area contributed by atoms with Gasteiger partial charge in [0.15, 0.2) is 22.4 Å². The number of nitrogens with zero attached hydrogens (tertiary/aromatic N) is 1. The Bertz CT molecular complexity index is 1030. The van der Waals surface area contributed by atoms with Crippen molar-refractivity contribution in [1.82, 2.24) is 9.55 Å². The van der Waals surface area contributed by atoms with Crippen LogP contribution in [0, 0.1) is 4.77 Å². The Morgan fingerprint density at radius 2 is 2.04 bits per heavy atom. The molecule has 1 aromatic carbocycles. The van der Waals surface area contributed by atoms with E-state index in [-0.39, 0.29) is 33.6 Å². The van der Waals surface area contributed by atoms with E-state index in [1.54, 1.807) is 12.1 Å². The van der Waals surface area contributed by atoms with E-state index in [0.29, 0.717) is 17.7 Å². The first kappa shape index (κ1) is 19.0. The summed E-state index contributed by atoms with van der Waals surface area (Å²) in [7, 11) is 2.86. The number of ether oxygens (including phenoxy) is 3. The number of aromatic amines is 1. The third-order valence-corrected chi connectivity index (χ3v) is 5.03. The van der Waals surface area contributed by atoms with E-state index in [1.807, 2.05) is 13.8 Å². The molecule has 2 heterocycles. The predicted octanol–water partition coefficient (Wildman–Crippen LogP) is 2.86. The zero-order valence-electron chi connectivity index (χ0n) is 15.4. The summed E-state index contributed by atoms with van der Waals surface area (Å²) in [6, 6.07) is 3.07. The van der Waals surface area contributed by atoms with Gasteiger partial charge >= 0.3 is 5.97 Å². The van der Waals surface area contributed by atoms with Gasteiger partial charge in [-0.05, 0) is 31.6 Å². The SMILES string of the molecule is CC[C@@H](C)n1c(O)c([C@H]2OC(=O)c3c2ccc(OC)c3OC)c(=O)[nH]c1=S. The van der Waals surface area contributed by atoms with Crippen LogP contribution in [0.4, 0.5) is 0 Å². The first-order chi connectivity index (χ1) is 12.8. The second-order valence-corrected chi connectivity index (χ2v) is 6.56. The molecule has 144 valence electrons. The van der Waals surface area contributed by atoms with Crippen molar-refractivity contribution in [3.63, 3.8) is 0 Å². The molecule has 1 aromatic heterocycles. The normalized spacial score (nSPS) is 16.6. The van der Waals surface area contributed by atoms with Gasteiger partial charge in [-0.2, -0.15) is 0 Å². The smallest absolute Gasteiger partial charge is 0.343 e. The van der Waals surface area contributed by atoms with Gasteiger partial charge in [0.25, 0.3) is 5.56 Å². The number of methoxy groups -OCH3 is 2. The Morgan fingerprint density at radius 1 is 1.33 bits per heavy atom. The fourth-order valence-corrected chi connectivity index (χ4v) is 3.55. The molecule has 0 bridgehead atoms. The Hall–Kier alpha value is -2.81. The van der Waals surface area contributed by atoms with Crippen molar-refractivity contribution < 1.29 is 24.1 Å². The lowest BCUT2D eigenvalue weighted by Gasteiger charge is -2.20. The van der Waals surface area contributed by atoms with Crippen LogP contribution in [-0.4, -0.2) is 34.8 Å². The molecule has 8 nitrogen and oxygen atoms in total. The monoisotopic (exact) mass is 392 g/mol. The maximum Gasteiger partial charge on any atom is 0.343 e. The molecule has 0 fully saturated rings. The summed E-state index contributed by atoms with van der Waals surface area (Å²) >= 11 is 5.18. The molecular weight excluding hydrogens is 372 g/mol. The van der Waals surface area contributed by atoms with Crippen molar-refractivity contribution in [2.75, 3.05) is 14.2 Å². The number of aromatic hydroxyl groups is 1. The summed E-state index contributed by atoms with van der Waals surface area (Å²) in [5.74, 6) is -0.406. The minimum absolute atomic E-state index is 0.0804. The number of H-pyrrole nitrogens is 1. The van der Waals surface area contributed by atoms with Crippen LogP contribution in [0.1, 0.15) is 53.9 Å². The van der Waals surface area contributed by atoms with Crippen LogP contribution in [0.2, 0.25) is 0 Å². The average molecular weight is 392 g/mol. The highest BCUT2D eigenvalue weighted by atomic mass is 32.1. The Balaban J connectivity index is 2.26. The Morgan fingerprint density at radius 3 is 2.63 bits per heavy atom. The van der Waals surface area contributed by atoms with Crippen LogP contribution in [-0.2, 0) is 4.74 Å². The van der Waals surface area contributed by atoms with Crippen LogP contribution >= 0.6 is 12.2 Å². The Labute approximate surface area is 160 Å². The molecule has 2 atom stereocenters. The average Bonchev–Trinajstić information content (AvgIpc) is 2.96. The van der Waals surface area contributed by atoms with Gasteiger partial charge in [0.2, 0.25) is 5.88 Å². The fraction of sp³-hybridized carbons (Fsp3) is 0.389. The largest absolute Gasteiger partial charge is 0.494 e. The Kier molecular flexibility index (Phi) is 4.97. The van der Waals surface area contributed by atoms with Crippen molar-refractivity contribution in [3.05, 3.63) is 43.9 Å². The zero-order chi connectivity index (χ0) is 19.9. The summed E-state index contributed by atoms with van der Waals surface area (Å²) in [5, 5.41) is 10.8. The second-order valence-electron chi connectivity index (χ2n) is 6.17. The van der Waals surface area contributed by atoms with E-state index in [9.17, 15) is 14.7 Å². The zero-order valence-corrected chi connectivity index (χ0v) is 16.2. The van der Waals surface area contributed by atoms with E-state index in [4.69, 9.17) is 26.4 Å². The number of hydrogen-bond donors (Lipinski definition) is 2. The van der Waals surface area contributed by atoms with Gasteiger partial charge in [0.05, 0.1) is 14.2 Å². The fourth-order valence-electron chi connectivity index (χ4n) is 3.20. The van der Waals surface area contributed by atoms with Crippen molar-refractivity contribution in [2.45, 2.75) is 32.4 Å². The van der Waals surface area contributed by atoms with E-state index >= 15 is 0 Å². The molecule has 27 heavy (non-hydrogen) atoms. The number of carbonyl (C=O) groups is 1. The number of nitrogens with one attached hydrogen (secondary N) is 1. The molecule has 1 aliphatic heterocycles. The van der Waals surface area contributed by atoms with Crippen molar-refractivity contribution >= 4 is 18.2 Å². The molecule has 1 aliphatic rings. The maximum atomic E-state index is 12.6. The third-order valence-electron chi connectivity index (χ3n) is 4.74. The molecule has 2 aromatic rings. The lowest BCUT2D eigenvalue weighted by atomic mass is 9.99. The number of esters is 1. The lowest BCUT2D eigenvalue weighted by molar-refractivity contribution is 0.0446. The van der Waals surface area contributed by atoms with Gasteiger partial charge < -0.3 is 19.3 Å². The molecule has 9 heteroatoms. The summed E-state index contributed by atoms with van der Waals surface area (Å²) < 4.78 is 17.5. The van der Waals surface area contributed by atoms with Crippen molar-refractivity contribution in [2.24, 2.45) is 0 Å². The molecule has 0 saturated carbocycles. The van der Waals surface area contributed by atoms with E-state index in [0.717, 1.165) is 0 Å². The number of rotatable bonds is 5. The quantitative estimate of drug-likeness (QED) is 0.596. The van der Waals surface area contributed by atoms with Gasteiger partial charge in [0, 0.05) is 11.6 Å². The van der Waals surface area contributed by atoms with Crippen molar-refractivity contribution in [3.8, 4) is 17.4 Å². The number of aromatic nitrogens is 2. The molecule has 2 N–H and O–H groups in total. The first-order valence-corrected chi connectivity index (χ1v) is 8.79. The van der Waals surface area contributed by atoms with Gasteiger partial charge in [-0.1, -0.05) is 13.0 Å². The number of hydrogen-bond acceptors (Lipinski definition) is 7.